The van der Waals surface area contributed by atoms with Gasteiger partial charge in [-0.2, -0.15) is 9.72 Å². The van der Waals surface area contributed by atoms with Crippen molar-refractivity contribution in [3.8, 4) is 0 Å². The third kappa shape index (κ3) is 3.08. The van der Waals surface area contributed by atoms with Crippen LogP contribution < -0.4 is 5.49 Å². The normalized spacial score (nSPS) is 14.7. The highest BCUT2D eigenvalue weighted by Crippen LogP contribution is 2.29. The molecule has 1 aromatic carbocycles. The molecule has 124 valence electrons. The molecule has 0 aliphatic rings. The van der Waals surface area contributed by atoms with Crippen LogP contribution in [0.5, 0.6) is 0 Å². The van der Waals surface area contributed by atoms with Gasteiger partial charge in [0.05, 0.1) is 5.41 Å². The van der Waals surface area contributed by atoms with Crippen LogP contribution in [-0.2, 0) is 11.2 Å². The molecule has 1 unspecified atom stereocenters. The molecule has 0 saturated carbocycles. The summed E-state index contributed by atoms with van der Waals surface area (Å²) >= 11 is 0. The van der Waals surface area contributed by atoms with Gasteiger partial charge in [0, 0.05) is 12.6 Å². The van der Waals surface area contributed by atoms with Crippen molar-refractivity contribution in [1.29, 1.82) is 0 Å². The molecule has 6 nitrogen and oxygen atoms in total. The molecular formula is C18H19N3O3. The lowest BCUT2D eigenvalue weighted by Gasteiger charge is -2.22. The lowest BCUT2D eigenvalue weighted by atomic mass is 9.83. The highest BCUT2D eigenvalue weighted by molar-refractivity contribution is 5.83. The summed E-state index contributed by atoms with van der Waals surface area (Å²) in [6, 6.07) is 12.4. The Hall–Kier alpha value is -2.89. The number of carbonyl (C=O) groups excluding carboxylic acids is 1. The third-order valence-electron chi connectivity index (χ3n) is 4.21. The van der Waals surface area contributed by atoms with Crippen LogP contribution in [0.3, 0.4) is 0 Å². The number of amides is 1. The summed E-state index contributed by atoms with van der Waals surface area (Å²) in [5, 5.41) is 9.72. The van der Waals surface area contributed by atoms with E-state index >= 15 is 0 Å². The van der Waals surface area contributed by atoms with E-state index in [9.17, 15) is 10.0 Å². The first-order valence-electron chi connectivity index (χ1n) is 7.82. The molecule has 0 saturated heterocycles. The third-order valence-corrected chi connectivity index (χ3v) is 4.21. The Kier molecular flexibility index (Phi) is 4.20. The molecule has 6 heteroatoms. The standard InChI is InChI=1S/C18H19N3O3/c1-3-18(2,17(22)20-15-10-6-7-11-21(15)23)12-16-19-13-8-4-5-9-14(13)24-16/h4-11,23H,3,12H2,1-2H3. The summed E-state index contributed by atoms with van der Waals surface area (Å²) in [4.78, 5) is 21.2. The van der Waals surface area contributed by atoms with E-state index in [0.29, 0.717) is 24.3 Å². The molecule has 3 aromatic rings. The van der Waals surface area contributed by atoms with Gasteiger partial charge >= 0.3 is 0 Å². The van der Waals surface area contributed by atoms with E-state index in [-0.39, 0.29) is 11.4 Å². The largest absolute Gasteiger partial charge is 0.441 e. The second-order valence-corrected chi connectivity index (χ2v) is 5.99. The fraction of sp³-hybridized carbons (Fsp3) is 0.278. The Bertz CT molecular complexity index is 909. The van der Waals surface area contributed by atoms with E-state index in [1.165, 1.54) is 6.20 Å². The molecule has 1 amide bonds. The van der Waals surface area contributed by atoms with Crippen molar-refractivity contribution >= 4 is 17.0 Å². The Morgan fingerprint density at radius 1 is 1.29 bits per heavy atom. The molecule has 1 N–H and O–H groups in total. The van der Waals surface area contributed by atoms with Crippen molar-refractivity contribution in [2.75, 3.05) is 0 Å². The average molecular weight is 325 g/mol. The van der Waals surface area contributed by atoms with Crippen LogP contribution in [0.25, 0.3) is 11.1 Å². The van der Waals surface area contributed by atoms with Gasteiger partial charge in [-0.25, -0.2) is 4.98 Å². The first-order valence-corrected chi connectivity index (χ1v) is 7.82. The number of para-hydroxylation sites is 2. The monoisotopic (exact) mass is 325 g/mol. The number of hydrogen-bond donors (Lipinski definition) is 1. The van der Waals surface area contributed by atoms with Crippen LogP contribution in [0.4, 0.5) is 0 Å². The fourth-order valence-corrected chi connectivity index (χ4v) is 2.43. The zero-order valence-corrected chi connectivity index (χ0v) is 13.6. The molecule has 3 rings (SSSR count). The number of fused-ring (bicyclic) bond motifs is 1. The SMILES string of the molecule is CCC(C)(Cc1nc2ccccc2o1)C(=O)N=c1ccccn1O. The summed E-state index contributed by atoms with van der Waals surface area (Å²) < 4.78 is 6.56. The minimum Gasteiger partial charge on any atom is -0.441 e. The molecular weight excluding hydrogens is 306 g/mol. The van der Waals surface area contributed by atoms with Gasteiger partial charge in [-0.05, 0) is 30.7 Å². The fourth-order valence-electron chi connectivity index (χ4n) is 2.43. The first-order chi connectivity index (χ1) is 11.5. The second-order valence-electron chi connectivity index (χ2n) is 5.99. The van der Waals surface area contributed by atoms with Gasteiger partial charge in [-0.1, -0.05) is 32.0 Å². The van der Waals surface area contributed by atoms with E-state index in [1.54, 1.807) is 18.2 Å². The highest BCUT2D eigenvalue weighted by Gasteiger charge is 2.33. The van der Waals surface area contributed by atoms with Gasteiger partial charge < -0.3 is 9.62 Å². The zero-order chi connectivity index (χ0) is 17.2. The molecule has 0 spiro atoms. The van der Waals surface area contributed by atoms with E-state index in [2.05, 4.69) is 9.98 Å². The van der Waals surface area contributed by atoms with E-state index in [1.807, 2.05) is 38.1 Å². The average Bonchev–Trinajstić information content (AvgIpc) is 2.98. The van der Waals surface area contributed by atoms with Gasteiger partial charge in [0.1, 0.15) is 5.52 Å². The van der Waals surface area contributed by atoms with Crippen LogP contribution in [0.15, 0.2) is 58.1 Å². The van der Waals surface area contributed by atoms with Crippen LogP contribution in [0.2, 0.25) is 0 Å². The second kappa shape index (κ2) is 6.31. The molecule has 0 fully saturated rings. The van der Waals surface area contributed by atoms with Crippen molar-refractivity contribution in [3.63, 3.8) is 0 Å². The highest BCUT2D eigenvalue weighted by atomic mass is 16.5. The molecule has 0 bridgehead atoms. The van der Waals surface area contributed by atoms with Crippen molar-refractivity contribution in [2.45, 2.75) is 26.7 Å². The quantitative estimate of drug-likeness (QED) is 0.748. The summed E-state index contributed by atoms with van der Waals surface area (Å²) in [5.41, 5.74) is 0.905. The van der Waals surface area contributed by atoms with Crippen LogP contribution in [0, 0.1) is 5.41 Å². The maximum Gasteiger partial charge on any atom is 0.254 e. The maximum absolute atomic E-state index is 12.7. The molecule has 0 aliphatic carbocycles. The Morgan fingerprint density at radius 2 is 2.04 bits per heavy atom. The van der Waals surface area contributed by atoms with Crippen molar-refractivity contribution in [2.24, 2.45) is 10.4 Å². The number of pyridine rings is 1. The number of aromatic nitrogens is 2. The van der Waals surface area contributed by atoms with E-state index < -0.39 is 5.41 Å². The van der Waals surface area contributed by atoms with E-state index in [4.69, 9.17) is 4.42 Å². The maximum atomic E-state index is 12.7. The Labute approximate surface area is 139 Å². The van der Waals surface area contributed by atoms with Crippen molar-refractivity contribution in [1.82, 2.24) is 9.71 Å². The minimum atomic E-state index is -0.760. The molecule has 0 radical (unpaired) electrons. The van der Waals surface area contributed by atoms with Crippen LogP contribution in [0.1, 0.15) is 26.2 Å². The predicted octanol–water partition coefficient (Wildman–Crippen LogP) is 2.95. The van der Waals surface area contributed by atoms with Gasteiger partial charge in [0.2, 0.25) is 0 Å². The Balaban J connectivity index is 1.92. The van der Waals surface area contributed by atoms with Crippen molar-refractivity contribution in [3.05, 3.63) is 60.0 Å². The summed E-state index contributed by atoms with van der Waals surface area (Å²) in [6.45, 7) is 3.76. The number of nitrogens with zero attached hydrogens (tertiary/aromatic N) is 3. The molecule has 1 atom stereocenters. The number of benzene rings is 1. The molecule has 2 heterocycles. The zero-order valence-electron chi connectivity index (χ0n) is 13.6. The van der Waals surface area contributed by atoms with Gasteiger partial charge in [0.15, 0.2) is 17.0 Å². The van der Waals surface area contributed by atoms with Gasteiger partial charge in [0.25, 0.3) is 5.91 Å². The first kappa shape index (κ1) is 16.0. The topological polar surface area (TPSA) is 80.6 Å². The van der Waals surface area contributed by atoms with E-state index in [0.717, 1.165) is 10.2 Å². The van der Waals surface area contributed by atoms with Crippen LogP contribution >= 0.6 is 0 Å². The molecule has 0 aliphatic heterocycles. The molecule has 24 heavy (non-hydrogen) atoms. The Morgan fingerprint density at radius 3 is 2.75 bits per heavy atom. The number of hydrogen-bond acceptors (Lipinski definition) is 4. The van der Waals surface area contributed by atoms with Gasteiger partial charge in [-0.15, -0.1) is 0 Å². The van der Waals surface area contributed by atoms with Crippen molar-refractivity contribution < 1.29 is 14.4 Å². The predicted molar refractivity (Wildman–Crippen MR) is 88.3 cm³/mol. The van der Waals surface area contributed by atoms with Gasteiger partial charge in [-0.3, -0.25) is 4.79 Å². The summed E-state index contributed by atoms with van der Waals surface area (Å²) in [7, 11) is 0. The number of rotatable bonds is 4. The lowest BCUT2D eigenvalue weighted by molar-refractivity contribution is -0.127. The smallest absolute Gasteiger partial charge is 0.254 e. The summed E-state index contributed by atoms with van der Waals surface area (Å²) in [6.07, 6.45) is 2.35. The lowest BCUT2D eigenvalue weighted by Crippen LogP contribution is -2.31. The number of oxazole rings is 1. The molecule has 2 aromatic heterocycles. The summed E-state index contributed by atoms with van der Waals surface area (Å²) in [5.74, 6) is 0.190. The minimum absolute atomic E-state index is 0.194. The number of carbonyl (C=O) groups is 1. The van der Waals surface area contributed by atoms with Crippen LogP contribution in [-0.4, -0.2) is 20.8 Å².